The number of benzene rings is 1. The van der Waals surface area contributed by atoms with Crippen LogP contribution < -0.4 is 10.6 Å². The molecule has 2 amide bonds. The molecule has 1 aromatic carbocycles. The van der Waals surface area contributed by atoms with Crippen LogP contribution in [-0.4, -0.2) is 52.2 Å². The largest absolute Gasteiger partial charge is 0.391 e. The summed E-state index contributed by atoms with van der Waals surface area (Å²) in [6.07, 6.45) is 4.47. The molecular formula is C17H24N4O4. The number of aliphatic hydroxyl groups is 1. The predicted molar refractivity (Wildman–Crippen MR) is 93.5 cm³/mol. The Morgan fingerprint density at radius 2 is 2.00 bits per heavy atom. The second-order valence-electron chi connectivity index (χ2n) is 6.78. The highest BCUT2D eigenvalue weighted by atomic mass is 16.6. The second kappa shape index (κ2) is 7.79. The smallest absolute Gasteiger partial charge is 0.319 e. The van der Waals surface area contributed by atoms with Gasteiger partial charge >= 0.3 is 6.03 Å². The van der Waals surface area contributed by atoms with Crippen LogP contribution in [0.5, 0.6) is 0 Å². The van der Waals surface area contributed by atoms with Crippen LogP contribution in [0, 0.1) is 10.1 Å². The number of nitro benzene ring substituents is 1. The van der Waals surface area contributed by atoms with E-state index in [2.05, 4.69) is 15.5 Å². The van der Waals surface area contributed by atoms with Crippen LogP contribution in [0.2, 0.25) is 0 Å². The Morgan fingerprint density at radius 3 is 2.64 bits per heavy atom. The zero-order chi connectivity index (χ0) is 17.8. The predicted octanol–water partition coefficient (Wildman–Crippen LogP) is 2.09. The molecule has 0 radical (unpaired) electrons. The topological polar surface area (TPSA) is 108 Å². The Kier molecular flexibility index (Phi) is 5.50. The number of amides is 2. The number of nitro groups is 1. The van der Waals surface area contributed by atoms with E-state index < -0.39 is 4.92 Å². The summed E-state index contributed by atoms with van der Waals surface area (Å²) in [6.45, 7) is 1.73. The van der Waals surface area contributed by atoms with Gasteiger partial charge in [-0.2, -0.15) is 0 Å². The van der Waals surface area contributed by atoms with Gasteiger partial charge in [0.05, 0.1) is 11.0 Å². The van der Waals surface area contributed by atoms with E-state index in [1.165, 1.54) is 12.1 Å². The highest BCUT2D eigenvalue weighted by molar-refractivity contribution is 5.89. The van der Waals surface area contributed by atoms with Crippen LogP contribution in [-0.2, 0) is 0 Å². The van der Waals surface area contributed by atoms with Gasteiger partial charge in [0.25, 0.3) is 5.69 Å². The van der Waals surface area contributed by atoms with E-state index in [0.717, 1.165) is 45.2 Å². The Labute approximate surface area is 146 Å². The SMILES string of the molecule is O=C(Nc1cccc([N+](=O)[O-])c1)NC1CCN(C2CCCC2O)CC1. The fourth-order valence-corrected chi connectivity index (χ4v) is 3.77. The first-order valence-corrected chi connectivity index (χ1v) is 8.77. The summed E-state index contributed by atoms with van der Waals surface area (Å²) in [5.74, 6) is 0. The number of piperidine rings is 1. The van der Waals surface area contributed by atoms with Crippen LogP contribution in [0.25, 0.3) is 0 Å². The molecule has 2 atom stereocenters. The molecule has 0 spiro atoms. The first-order chi connectivity index (χ1) is 12.0. The molecular weight excluding hydrogens is 324 g/mol. The van der Waals surface area contributed by atoms with Crippen molar-refractivity contribution in [1.29, 1.82) is 0 Å². The zero-order valence-corrected chi connectivity index (χ0v) is 14.1. The maximum Gasteiger partial charge on any atom is 0.319 e. The standard InChI is InChI=1S/C17H24N4O4/c22-16-6-2-5-15(16)20-9-7-12(8-10-20)18-17(23)19-13-3-1-4-14(11-13)21(24)25/h1,3-4,11-12,15-16,22H,2,5-10H2,(H2,18,19,23). The summed E-state index contributed by atoms with van der Waals surface area (Å²) in [6, 6.07) is 5.88. The Bertz CT molecular complexity index is 631. The van der Waals surface area contributed by atoms with E-state index >= 15 is 0 Å². The zero-order valence-electron chi connectivity index (χ0n) is 14.1. The third kappa shape index (κ3) is 4.46. The Hall–Kier alpha value is -2.19. The van der Waals surface area contributed by atoms with Crippen molar-refractivity contribution >= 4 is 17.4 Å². The summed E-state index contributed by atoms with van der Waals surface area (Å²) in [7, 11) is 0. The molecule has 2 aliphatic rings. The lowest BCUT2D eigenvalue weighted by Gasteiger charge is -2.37. The van der Waals surface area contributed by atoms with Crippen LogP contribution in [0.3, 0.4) is 0 Å². The maximum atomic E-state index is 12.1. The second-order valence-corrected chi connectivity index (χ2v) is 6.78. The van der Waals surface area contributed by atoms with Crippen LogP contribution >= 0.6 is 0 Å². The molecule has 1 aromatic rings. The minimum Gasteiger partial charge on any atom is -0.391 e. The van der Waals surface area contributed by atoms with Gasteiger partial charge in [0, 0.05) is 43.0 Å². The molecule has 2 unspecified atom stereocenters. The minimum absolute atomic E-state index is 0.0544. The Balaban J connectivity index is 1.46. The van der Waals surface area contributed by atoms with Crippen LogP contribution in [0.15, 0.2) is 24.3 Å². The number of nitrogens with one attached hydrogen (secondary N) is 2. The number of urea groups is 1. The molecule has 1 heterocycles. The average Bonchev–Trinajstić information content (AvgIpc) is 3.02. The quantitative estimate of drug-likeness (QED) is 0.570. The van der Waals surface area contributed by atoms with Crippen molar-refractivity contribution in [3.63, 3.8) is 0 Å². The average molecular weight is 348 g/mol. The van der Waals surface area contributed by atoms with E-state index in [-0.39, 0.29) is 29.9 Å². The number of carbonyl (C=O) groups excluding carboxylic acids is 1. The number of hydrogen-bond donors (Lipinski definition) is 3. The molecule has 8 heteroatoms. The number of likely N-dealkylation sites (tertiary alicyclic amines) is 1. The van der Waals surface area contributed by atoms with E-state index in [0.29, 0.717) is 5.69 Å². The van der Waals surface area contributed by atoms with Gasteiger partial charge in [-0.25, -0.2) is 4.79 Å². The van der Waals surface area contributed by atoms with Gasteiger partial charge in [-0.05, 0) is 38.2 Å². The molecule has 1 saturated heterocycles. The molecule has 1 aliphatic heterocycles. The molecule has 25 heavy (non-hydrogen) atoms. The molecule has 0 bridgehead atoms. The maximum absolute atomic E-state index is 12.1. The third-order valence-electron chi connectivity index (χ3n) is 5.09. The van der Waals surface area contributed by atoms with Gasteiger partial charge in [-0.1, -0.05) is 6.07 Å². The molecule has 2 fully saturated rings. The number of carbonyl (C=O) groups is 1. The normalized spacial score (nSPS) is 24.8. The minimum atomic E-state index is -0.490. The number of rotatable bonds is 4. The molecule has 1 saturated carbocycles. The van der Waals surface area contributed by atoms with E-state index in [9.17, 15) is 20.0 Å². The first kappa shape index (κ1) is 17.6. The summed E-state index contributed by atoms with van der Waals surface area (Å²) < 4.78 is 0. The molecule has 136 valence electrons. The molecule has 3 N–H and O–H groups in total. The van der Waals surface area contributed by atoms with Crippen molar-refractivity contribution in [2.75, 3.05) is 18.4 Å². The number of nitrogens with zero attached hydrogens (tertiary/aromatic N) is 2. The monoisotopic (exact) mass is 348 g/mol. The number of non-ortho nitro benzene ring substituents is 1. The number of aliphatic hydroxyl groups excluding tert-OH is 1. The van der Waals surface area contributed by atoms with E-state index in [4.69, 9.17) is 0 Å². The van der Waals surface area contributed by atoms with Gasteiger partial charge in [0.2, 0.25) is 0 Å². The fourth-order valence-electron chi connectivity index (χ4n) is 3.77. The third-order valence-corrected chi connectivity index (χ3v) is 5.09. The lowest BCUT2D eigenvalue weighted by Crippen LogP contribution is -2.50. The van der Waals surface area contributed by atoms with Crippen molar-refractivity contribution in [1.82, 2.24) is 10.2 Å². The van der Waals surface area contributed by atoms with Crippen molar-refractivity contribution in [2.24, 2.45) is 0 Å². The summed E-state index contributed by atoms with van der Waals surface area (Å²) >= 11 is 0. The summed E-state index contributed by atoms with van der Waals surface area (Å²) in [4.78, 5) is 24.7. The van der Waals surface area contributed by atoms with E-state index in [1.807, 2.05) is 0 Å². The van der Waals surface area contributed by atoms with Gasteiger partial charge in [-0.3, -0.25) is 15.0 Å². The molecule has 3 rings (SSSR count). The highest BCUT2D eigenvalue weighted by Gasteiger charge is 2.33. The van der Waals surface area contributed by atoms with Gasteiger partial charge in [0.1, 0.15) is 0 Å². The van der Waals surface area contributed by atoms with Crippen molar-refractivity contribution < 1.29 is 14.8 Å². The van der Waals surface area contributed by atoms with Crippen molar-refractivity contribution in [2.45, 2.75) is 50.3 Å². The van der Waals surface area contributed by atoms with Crippen molar-refractivity contribution in [3.05, 3.63) is 34.4 Å². The number of anilines is 1. The van der Waals surface area contributed by atoms with Crippen LogP contribution in [0.1, 0.15) is 32.1 Å². The molecule has 8 nitrogen and oxygen atoms in total. The fraction of sp³-hybridized carbons (Fsp3) is 0.588. The summed E-state index contributed by atoms with van der Waals surface area (Å²) in [5.41, 5.74) is 0.347. The number of hydrogen-bond acceptors (Lipinski definition) is 5. The molecule has 0 aromatic heterocycles. The van der Waals surface area contributed by atoms with Gasteiger partial charge in [-0.15, -0.1) is 0 Å². The van der Waals surface area contributed by atoms with Gasteiger partial charge in [0.15, 0.2) is 0 Å². The first-order valence-electron chi connectivity index (χ1n) is 8.77. The van der Waals surface area contributed by atoms with Gasteiger partial charge < -0.3 is 15.7 Å². The Morgan fingerprint density at radius 1 is 1.24 bits per heavy atom. The van der Waals surface area contributed by atoms with Crippen LogP contribution in [0.4, 0.5) is 16.2 Å². The highest BCUT2D eigenvalue weighted by Crippen LogP contribution is 2.26. The summed E-state index contributed by atoms with van der Waals surface area (Å²) in [5, 5.41) is 26.4. The van der Waals surface area contributed by atoms with E-state index in [1.54, 1.807) is 12.1 Å². The lowest BCUT2D eigenvalue weighted by atomic mass is 10.0. The lowest BCUT2D eigenvalue weighted by molar-refractivity contribution is -0.384. The van der Waals surface area contributed by atoms with Crippen molar-refractivity contribution in [3.8, 4) is 0 Å². The molecule has 1 aliphatic carbocycles.